The number of H-pyrrole nitrogens is 1. The van der Waals surface area contributed by atoms with Gasteiger partial charge in [-0.05, 0) is 48.6 Å². The van der Waals surface area contributed by atoms with Gasteiger partial charge in [-0.1, -0.05) is 6.07 Å². The van der Waals surface area contributed by atoms with Gasteiger partial charge >= 0.3 is 0 Å². The average Bonchev–Trinajstić information content (AvgIpc) is 3.14. The number of aromatic nitrogens is 4. The topological polar surface area (TPSA) is 83.6 Å². The summed E-state index contributed by atoms with van der Waals surface area (Å²) in [6, 6.07) is 11.5. The second-order valence-corrected chi connectivity index (χ2v) is 8.34. The Balaban J connectivity index is 1.28. The molecule has 0 radical (unpaired) electrons. The number of aromatic amines is 1. The first-order chi connectivity index (χ1) is 13.3. The van der Waals surface area contributed by atoms with Gasteiger partial charge in [-0.15, -0.1) is 22.7 Å². The van der Waals surface area contributed by atoms with E-state index in [0.29, 0.717) is 16.6 Å². The molecule has 27 heavy (non-hydrogen) atoms. The Morgan fingerprint density at radius 2 is 2.04 bits per heavy atom. The van der Waals surface area contributed by atoms with Crippen LogP contribution in [-0.4, -0.2) is 26.1 Å². The molecular formula is C19H15N5OS2. The third-order valence-corrected chi connectivity index (χ3v) is 6.36. The summed E-state index contributed by atoms with van der Waals surface area (Å²) in [5.41, 5.74) is 1.65. The summed E-state index contributed by atoms with van der Waals surface area (Å²) in [5.74, 6) is 2.05. The summed E-state index contributed by atoms with van der Waals surface area (Å²) < 4.78 is 0. The molecular weight excluding hydrogens is 378 g/mol. The van der Waals surface area contributed by atoms with Crippen molar-refractivity contribution in [2.75, 3.05) is 5.32 Å². The van der Waals surface area contributed by atoms with E-state index in [1.54, 1.807) is 17.5 Å². The van der Waals surface area contributed by atoms with Crippen molar-refractivity contribution < 1.29 is 4.79 Å². The highest BCUT2D eigenvalue weighted by Crippen LogP contribution is 2.38. The van der Waals surface area contributed by atoms with Gasteiger partial charge in [-0.2, -0.15) is 5.10 Å². The van der Waals surface area contributed by atoms with E-state index in [9.17, 15) is 4.79 Å². The molecule has 8 heteroatoms. The molecule has 1 amide bonds. The maximum atomic E-state index is 12.5. The van der Waals surface area contributed by atoms with Crippen molar-refractivity contribution in [3.05, 3.63) is 58.7 Å². The molecule has 1 fully saturated rings. The first kappa shape index (κ1) is 16.3. The number of carbonyl (C=O) groups is 1. The zero-order chi connectivity index (χ0) is 18.2. The van der Waals surface area contributed by atoms with Crippen molar-refractivity contribution in [3.8, 4) is 21.3 Å². The fraction of sp³-hybridized carbons (Fsp3) is 0.158. The van der Waals surface area contributed by atoms with Crippen molar-refractivity contribution in [3.63, 3.8) is 0 Å². The van der Waals surface area contributed by atoms with Crippen molar-refractivity contribution in [1.82, 2.24) is 20.2 Å². The SMILES string of the molecule is O=C(Nc1ccc(-c2n[nH]c(C3CC3)n2)cc1)c1cnc(-c2cccs2)s1. The van der Waals surface area contributed by atoms with Gasteiger partial charge in [0.1, 0.15) is 15.7 Å². The fourth-order valence-electron chi connectivity index (χ4n) is 2.73. The number of hydrogen-bond acceptors (Lipinski definition) is 6. The highest BCUT2D eigenvalue weighted by molar-refractivity contribution is 7.22. The monoisotopic (exact) mass is 393 g/mol. The zero-order valence-electron chi connectivity index (χ0n) is 14.2. The summed E-state index contributed by atoms with van der Waals surface area (Å²) in [4.78, 5) is 23.0. The van der Waals surface area contributed by atoms with Crippen LogP contribution in [-0.2, 0) is 0 Å². The molecule has 3 aromatic heterocycles. The molecule has 1 aromatic carbocycles. The molecule has 1 aliphatic carbocycles. The minimum absolute atomic E-state index is 0.156. The zero-order valence-corrected chi connectivity index (χ0v) is 15.8. The normalized spacial score (nSPS) is 13.6. The minimum atomic E-state index is -0.156. The van der Waals surface area contributed by atoms with Crippen LogP contribution >= 0.6 is 22.7 Å². The van der Waals surface area contributed by atoms with Gasteiger partial charge < -0.3 is 5.32 Å². The number of nitrogens with zero attached hydrogens (tertiary/aromatic N) is 3. The summed E-state index contributed by atoms with van der Waals surface area (Å²) in [6.07, 6.45) is 3.99. The maximum Gasteiger partial charge on any atom is 0.267 e. The van der Waals surface area contributed by atoms with E-state index >= 15 is 0 Å². The molecule has 6 nitrogen and oxygen atoms in total. The van der Waals surface area contributed by atoms with Crippen LogP contribution in [0.25, 0.3) is 21.3 Å². The lowest BCUT2D eigenvalue weighted by Crippen LogP contribution is -2.09. The fourth-order valence-corrected chi connectivity index (χ4v) is 4.35. The van der Waals surface area contributed by atoms with E-state index in [-0.39, 0.29) is 5.91 Å². The number of anilines is 1. The smallest absolute Gasteiger partial charge is 0.267 e. The molecule has 1 saturated carbocycles. The predicted molar refractivity (Wildman–Crippen MR) is 107 cm³/mol. The molecule has 5 rings (SSSR count). The number of nitrogens with one attached hydrogen (secondary N) is 2. The lowest BCUT2D eigenvalue weighted by atomic mass is 10.2. The molecule has 3 heterocycles. The van der Waals surface area contributed by atoms with Crippen LogP contribution in [0.5, 0.6) is 0 Å². The molecule has 0 atom stereocenters. The molecule has 2 N–H and O–H groups in total. The van der Waals surface area contributed by atoms with E-state index in [4.69, 9.17) is 0 Å². The number of thiophene rings is 1. The van der Waals surface area contributed by atoms with E-state index in [1.807, 2.05) is 41.8 Å². The van der Waals surface area contributed by atoms with Gasteiger partial charge in [0.15, 0.2) is 5.82 Å². The Hall–Kier alpha value is -2.84. The lowest BCUT2D eigenvalue weighted by Gasteiger charge is -2.03. The molecule has 4 aromatic rings. The molecule has 134 valence electrons. The van der Waals surface area contributed by atoms with Crippen molar-refractivity contribution in [2.24, 2.45) is 0 Å². The molecule has 0 bridgehead atoms. The van der Waals surface area contributed by atoms with Crippen LogP contribution in [0.15, 0.2) is 48.0 Å². The van der Waals surface area contributed by atoms with Crippen molar-refractivity contribution in [2.45, 2.75) is 18.8 Å². The third kappa shape index (κ3) is 3.41. The van der Waals surface area contributed by atoms with Gasteiger partial charge in [0.25, 0.3) is 5.91 Å². The minimum Gasteiger partial charge on any atom is -0.321 e. The van der Waals surface area contributed by atoms with Gasteiger partial charge in [0.2, 0.25) is 0 Å². The van der Waals surface area contributed by atoms with Crippen LogP contribution in [0.4, 0.5) is 5.69 Å². The van der Waals surface area contributed by atoms with Crippen LogP contribution in [0.3, 0.4) is 0 Å². The molecule has 0 unspecified atom stereocenters. The second kappa shape index (κ2) is 6.71. The quantitative estimate of drug-likeness (QED) is 0.511. The maximum absolute atomic E-state index is 12.5. The van der Waals surface area contributed by atoms with Gasteiger partial charge in [-0.3, -0.25) is 9.89 Å². The summed E-state index contributed by atoms with van der Waals surface area (Å²) in [5, 5.41) is 13.1. The Bertz CT molecular complexity index is 1080. The van der Waals surface area contributed by atoms with Gasteiger partial charge in [-0.25, -0.2) is 9.97 Å². The number of amides is 1. The van der Waals surface area contributed by atoms with Crippen molar-refractivity contribution in [1.29, 1.82) is 0 Å². The first-order valence-corrected chi connectivity index (χ1v) is 10.3. The van der Waals surface area contributed by atoms with Crippen LogP contribution in [0.1, 0.15) is 34.3 Å². The highest BCUT2D eigenvalue weighted by atomic mass is 32.1. The Morgan fingerprint density at radius 1 is 1.19 bits per heavy atom. The summed E-state index contributed by atoms with van der Waals surface area (Å²) >= 11 is 3.01. The number of benzene rings is 1. The van der Waals surface area contributed by atoms with Crippen molar-refractivity contribution >= 4 is 34.3 Å². The molecule has 1 aliphatic rings. The van der Waals surface area contributed by atoms with E-state index < -0.39 is 0 Å². The number of thiazole rings is 1. The summed E-state index contributed by atoms with van der Waals surface area (Å²) in [7, 11) is 0. The largest absolute Gasteiger partial charge is 0.321 e. The van der Waals surface area contributed by atoms with E-state index in [2.05, 4.69) is 25.5 Å². The molecule has 0 saturated heterocycles. The highest BCUT2D eigenvalue weighted by Gasteiger charge is 2.27. The van der Waals surface area contributed by atoms with Crippen LogP contribution in [0.2, 0.25) is 0 Å². The predicted octanol–water partition coefficient (Wildman–Crippen LogP) is 4.79. The van der Waals surface area contributed by atoms with Gasteiger partial charge in [0, 0.05) is 17.2 Å². The van der Waals surface area contributed by atoms with E-state index in [1.165, 1.54) is 24.2 Å². The second-order valence-electron chi connectivity index (χ2n) is 6.36. The lowest BCUT2D eigenvalue weighted by molar-refractivity contribution is 0.103. The molecule has 0 aliphatic heterocycles. The Kier molecular flexibility index (Phi) is 4.06. The van der Waals surface area contributed by atoms with Crippen LogP contribution < -0.4 is 5.32 Å². The average molecular weight is 393 g/mol. The number of carbonyl (C=O) groups excluding carboxylic acids is 1. The Labute approximate surface area is 163 Å². The molecule has 0 spiro atoms. The summed E-state index contributed by atoms with van der Waals surface area (Å²) in [6.45, 7) is 0. The number of hydrogen-bond donors (Lipinski definition) is 2. The number of rotatable bonds is 5. The first-order valence-electron chi connectivity index (χ1n) is 8.60. The standard InChI is InChI=1S/C19H15N5OS2/c25-18(15-10-20-19(27-15)14-2-1-9-26-14)21-13-7-5-12(6-8-13)17-22-16(23-24-17)11-3-4-11/h1-2,5-11H,3-4H2,(H,21,25)(H,22,23,24). The van der Waals surface area contributed by atoms with Crippen LogP contribution in [0, 0.1) is 0 Å². The third-order valence-electron chi connectivity index (χ3n) is 4.33. The van der Waals surface area contributed by atoms with Gasteiger partial charge in [0.05, 0.1) is 11.1 Å². The van der Waals surface area contributed by atoms with E-state index in [0.717, 1.165) is 27.0 Å². The Morgan fingerprint density at radius 3 is 2.78 bits per heavy atom.